The summed E-state index contributed by atoms with van der Waals surface area (Å²) in [4.78, 5) is 19.5. The zero-order valence-corrected chi connectivity index (χ0v) is 22.9. The van der Waals surface area contributed by atoms with Crippen LogP contribution in [0.4, 0.5) is 29.5 Å². The first-order valence-electron chi connectivity index (χ1n) is 13.7. The summed E-state index contributed by atoms with van der Waals surface area (Å²) in [5.41, 5.74) is 1.03. The van der Waals surface area contributed by atoms with E-state index in [1.54, 1.807) is 18.3 Å². The highest BCUT2D eigenvalue weighted by Gasteiger charge is 2.45. The van der Waals surface area contributed by atoms with Gasteiger partial charge in [0, 0.05) is 74.3 Å². The Morgan fingerprint density at radius 1 is 1.13 bits per heavy atom. The average Bonchev–Trinajstić information content (AvgIpc) is 3.70. The van der Waals surface area contributed by atoms with Crippen LogP contribution in [0.2, 0.25) is 0 Å². The highest BCUT2D eigenvalue weighted by atomic mass is 32.2. The number of alkyl halides is 3. The lowest BCUT2D eigenvalue weighted by Gasteiger charge is -2.45. The zero-order valence-electron chi connectivity index (χ0n) is 22.1. The number of amides is 1. The molecule has 8 nitrogen and oxygen atoms in total. The topological polar surface area (TPSA) is 65.9 Å². The summed E-state index contributed by atoms with van der Waals surface area (Å²) in [6.45, 7) is 5.65. The molecule has 2 unspecified atom stereocenters. The van der Waals surface area contributed by atoms with E-state index in [4.69, 9.17) is 4.74 Å². The molecule has 0 radical (unpaired) electrons. The summed E-state index contributed by atoms with van der Waals surface area (Å²) < 4.78 is 51.1. The molecule has 5 heterocycles. The van der Waals surface area contributed by atoms with Crippen LogP contribution in [-0.2, 0) is 17.5 Å². The Labute approximate surface area is 231 Å². The number of ether oxygens (including phenoxy) is 1. The summed E-state index contributed by atoms with van der Waals surface area (Å²) in [6.07, 6.45) is 2.99. The SMILES string of the molecule is CSNc1ccn(C(=O)N2CCC3(CCCN3Cc3ccc(C(F)(F)F)cc3N3CC4COCC4C3)CC2)n1. The van der Waals surface area contributed by atoms with Gasteiger partial charge >= 0.3 is 12.2 Å². The number of halogens is 3. The molecule has 4 saturated heterocycles. The normalized spacial score (nSPS) is 25.0. The van der Waals surface area contributed by atoms with Crippen molar-refractivity contribution >= 4 is 29.5 Å². The number of nitrogens with one attached hydrogen (secondary N) is 1. The number of piperidine rings is 1. The van der Waals surface area contributed by atoms with Gasteiger partial charge < -0.3 is 19.3 Å². The lowest BCUT2D eigenvalue weighted by Crippen LogP contribution is -2.53. The first kappa shape index (κ1) is 26.8. The number of aromatic nitrogens is 2. The molecule has 0 bridgehead atoms. The molecule has 1 amide bonds. The highest BCUT2D eigenvalue weighted by molar-refractivity contribution is 7.99. The molecular weight excluding hydrogens is 529 g/mol. The summed E-state index contributed by atoms with van der Waals surface area (Å²) in [5.74, 6) is 1.41. The molecule has 39 heavy (non-hydrogen) atoms. The van der Waals surface area contributed by atoms with Gasteiger partial charge in [0.15, 0.2) is 5.82 Å². The van der Waals surface area contributed by atoms with Crippen molar-refractivity contribution in [1.82, 2.24) is 19.6 Å². The van der Waals surface area contributed by atoms with Gasteiger partial charge in [0.1, 0.15) is 0 Å². The number of hydrogen-bond donors (Lipinski definition) is 1. The third kappa shape index (κ3) is 5.22. The Hall–Kier alpha value is -2.44. The molecule has 212 valence electrons. The monoisotopic (exact) mass is 564 g/mol. The molecule has 2 aromatic rings. The largest absolute Gasteiger partial charge is 0.416 e. The summed E-state index contributed by atoms with van der Waals surface area (Å²) >= 11 is 1.42. The Morgan fingerprint density at radius 2 is 1.87 bits per heavy atom. The average molecular weight is 565 g/mol. The van der Waals surface area contributed by atoms with Crippen LogP contribution in [0.15, 0.2) is 30.5 Å². The van der Waals surface area contributed by atoms with Gasteiger partial charge in [-0.15, -0.1) is 5.10 Å². The van der Waals surface area contributed by atoms with Crippen molar-refractivity contribution in [1.29, 1.82) is 0 Å². The fourth-order valence-electron chi connectivity index (χ4n) is 6.91. The van der Waals surface area contributed by atoms with Crippen molar-refractivity contribution in [2.24, 2.45) is 11.8 Å². The molecule has 4 fully saturated rings. The number of carbonyl (C=O) groups is 1. The van der Waals surface area contributed by atoms with Gasteiger partial charge in [-0.3, -0.25) is 4.90 Å². The molecule has 1 spiro atoms. The van der Waals surface area contributed by atoms with E-state index in [9.17, 15) is 18.0 Å². The van der Waals surface area contributed by atoms with Crippen LogP contribution in [0.5, 0.6) is 0 Å². The van der Waals surface area contributed by atoms with Gasteiger partial charge in [-0.25, -0.2) is 4.79 Å². The number of rotatable bonds is 5. The second kappa shape index (κ2) is 10.5. The predicted octanol–water partition coefficient (Wildman–Crippen LogP) is 4.77. The molecule has 2 atom stereocenters. The van der Waals surface area contributed by atoms with Crippen molar-refractivity contribution in [2.75, 3.05) is 61.8 Å². The fourth-order valence-corrected chi connectivity index (χ4v) is 7.23. The van der Waals surface area contributed by atoms with Crippen LogP contribution >= 0.6 is 11.9 Å². The van der Waals surface area contributed by atoms with Crippen molar-refractivity contribution in [3.05, 3.63) is 41.6 Å². The molecule has 0 saturated carbocycles. The summed E-state index contributed by atoms with van der Waals surface area (Å²) in [7, 11) is 0. The molecule has 4 aliphatic heterocycles. The smallest absolute Gasteiger partial charge is 0.381 e. The van der Waals surface area contributed by atoms with Crippen LogP contribution in [0.3, 0.4) is 0 Å². The lowest BCUT2D eigenvalue weighted by molar-refractivity contribution is -0.137. The predicted molar refractivity (Wildman–Crippen MR) is 145 cm³/mol. The zero-order chi connectivity index (χ0) is 27.2. The van der Waals surface area contributed by atoms with E-state index >= 15 is 0 Å². The van der Waals surface area contributed by atoms with Gasteiger partial charge in [0.25, 0.3) is 0 Å². The Bertz CT molecular complexity index is 1190. The van der Waals surface area contributed by atoms with E-state index < -0.39 is 11.7 Å². The number of fused-ring (bicyclic) bond motifs is 1. The van der Waals surface area contributed by atoms with Gasteiger partial charge in [-0.2, -0.15) is 17.9 Å². The van der Waals surface area contributed by atoms with Crippen molar-refractivity contribution < 1.29 is 22.7 Å². The van der Waals surface area contributed by atoms with Crippen LogP contribution in [-0.4, -0.2) is 83.3 Å². The van der Waals surface area contributed by atoms with E-state index in [1.807, 2.05) is 11.2 Å². The number of nitrogens with zero attached hydrogens (tertiary/aromatic N) is 5. The molecule has 0 aliphatic carbocycles. The van der Waals surface area contributed by atoms with Crippen molar-refractivity contribution in [3.8, 4) is 0 Å². The van der Waals surface area contributed by atoms with Crippen molar-refractivity contribution in [3.63, 3.8) is 0 Å². The minimum Gasteiger partial charge on any atom is -0.381 e. The minimum absolute atomic E-state index is 0.0399. The van der Waals surface area contributed by atoms with Crippen LogP contribution in [0.1, 0.15) is 36.8 Å². The van der Waals surface area contributed by atoms with Crippen molar-refractivity contribution in [2.45, 2.75) is 43.9 Å². The third-order valence-electron chi connectivity index (χ3n) is 9.05. The Balaban J connectivity index is 1.17. The second-order valence-corrected chi connectivity index (χ2v) is 11.9. The fraction of sp³-hybridized carbons (Fsp3) is 0.630. The number of likely N-dealkylation sites (tertiary alicyclic amines) is 2. The van der Waals surface area contributed by atoms with E-state index in [-0.39, 0.29) is 11.6 Å². The van der Waals surface area contributed by atoms with Crippen LogP contribution in [0, 0.1) is 11.8 Å². The van der Waals surface area contributed by atoms with Crippen LogP contribution in [0.25, 0.3) is 0 Å². The van der Waals surface area contributed by atoms with Gasteiger partial charge in [0.05, 0.1) is 18.8 Å². The first-order chi connectivity index (χ1) is 18.8. The molecule has 1 N–H and O–H groups in total. The third-order valence-corrected chi connectivity index (χ3v) is 9.47. The molecule has 6 rings (SSSR count). The number of benzene rings is 1. The summed E-state index contributed by atoms with van der Waals surface area (Å²) in [5, 5.41) is 4.32. The Kier molecular flexibility index (Phi) is 7.22. The van der Waals surface area contributed by atoms with Gasteiger partial charge in [0.2, 0.25) is 0 Å². The minimum atomic E-state index is -4.37. The van der Waals surface area contributed by atoms with Gasteiger partial charge in [-0.05, 0) is 49.9 Å². The quantitative estimate of drug-likeness (QED) is 0.525. The number of anilines is 2. The Morgan fingerprint density at radius 3 is 2.56 bits per heavy atom. The van der Waals surface area contributed by atoms with E-state index in [0.29, 0.717) is 56.2 Å². The van der Waals surface area contributed by atoms with E-state index in [0.717, 1.165) is 50.9 Å². The number of hydrogen-bond acceptors (Lipinski definition) is 7. The maximum absolute atomic E-state index is 13.7. The molecule has 1 aromatic carbocycles. The number of carbonyl (C=O) groups excluding carboxylic acids is 1. The summed E-state index contributed by atoms with van der Waals surface area (Å²) in [6, 6.07) is 5.92. The van der Waals surface area contributed by atoms with E-state index in [1.165, 1.54) is 28.8 Å². The lowest BCUT2D eigenvalue weighted by atomic mass is 9.84. The van der Waals surface area contributed by atoms with E-state index in [2.05, 4.69) is 19.6 Å². The first-order valence-corrected chi connectivity index (χ1v) is 14.9. The molecular formula is C27H35F3N6O2S. The molecule has 4 aliphatic rings. The standard InChI is InChI=1S/C27H35F3N6O2S/c1-39-32-24-5-10-36(31-24)25(37)33-11-7-26(8-12-33)6-2-9-35(26)16-19-3-4-22(27(28,29)30)13-23(19)34-14-20-17-38-18-21(20)15-34/h3-5,10,13,20-21H,2,6-9,11-12,14-18H2,1H3,(H,31,32). The maximum Gasteiger partial charge on any atom is 0.416 e. The van der Waals surface area contributed by atoms with Gasteiger partial charge in [-0.1, -0.05) is 18.0 Å². The molecule has 12 heteroatoms. The highest BCUT2D eigenvalue weighted by Crippen LogP contribution is 2.43. The second-order valence-electron chi connectivity index (χ2n) is 11.3. The molecule has 1 aromatic heterocycles. The maximum atomic E-state index is 13.7. The van der Waals surface area contributed by atoms with Crippen LogP contribution < -0.4 is 9.62 Å².